The van der Waals surface area contributed by atoms with Crippen molar-refractivity contribution in [2.24, 2.45) is 16.8 Å². The summed E-state index contributed by atoms with van der Waals surface area (Å²) in [6.07, 6.45) is 1.87. The molecule has 144 valence electrons. The third-order valence-corrected chi connectivity index (χ3v) is 3.73. The molecular weight excluding hydrogens is 318 g/mol. The summed E-state index contributed by atoms with van der Waals surface area (Å²) in [5, 5.41) is 19.8. The van der Waals surface area contributed by atoms with Crippen molar-refractivity contribution >= 4 is 5.96 Å². The number of guanidine groups is 1. The van der Waals surface area contributed by atoms with E-state index in [-0.39, 0.29) is 12.0 Å². The molecule has 1 heterocycles. The SMILES string of the molecule is CCNC(=NCc1noc(C(C)(C)C)n1)NCC(CCO)CC(C)C. The van der Waals surface area contributed by atoms with Gasteiger partial charge in [0, 0.05) is 25.1 Å². The predicted octanol–water partition coefficient (Wildman–Crippen LogP) is 2.47. The number of nitrogens with zero attached hydrogens (tertiary/aromatic N) is 3. The number of hydrogen-bond acceptors (Lipinski definition) is 5. The van der Waals surface area contributed by atoms with E-state index in [1.165, 1.54) is 0 Å². The Bertz CT molecular complexity index is 520. The second kappa shape index (κ2) is 10.4. The van der Waals surface area contributed by atoms with Gasteiger partial charge >= 0.3 is 0 Å². The Kier molecular flexibility index (Phi) is 8.89. The summed E-state index contributed by atoms with van der Waals surface area (Å²) >= 11 is 0. The van der Waals surface area contributed by atoms with E-state index in [1.807, 2.05) is 27.7 Å². The van der Waals surface area contributed by atoms with Crippen LogP contribution >= 0.6 is 0 Å². The fraction of sp³-hybridized carbons (Fsp3) is 0.833. The molecule has 0 aliphatic rings. The van der Waals surface area contributed by atoms with Crippen LogP contribution in [0.25, 0.3) is 0 Å². The van der Waals surface area contributed by atoms with Gasteiger partial charge in [0.15, 0.2) is 11.8 Å². The number of nitrogens with one attached hydrogen (secondary N) is 2. The molecule has 0 bridgehead atoms. The predicted molar refractivity (Wildman–Crippen MR) is 100 cm³/mol. The van der Waals surface area contributed by atoms with E-state index < -0.39 is 0 Å². The zero-order chi connectivity index (χ0) is 18.9. The maximum absolute atomic E-state index is 9.24. The van der Waals surface area contributed by atoms with E-state index in [4.69, 9.17) is 4.52 Å². The Balaban J connectivity index is 2.65. The zero-order valence-electron chi connectivity index (χ0n) is 16.6. The first-order valence-electron chi connectivity index (χ1n) is 9.22. The summed E-state index contributed by atoms with van der Waals surface area (Å²) in [6, 6.07) is 0. The summed E-state index contributed by atoms with van der Waals surface area (Å²) in [6.45, 7) is 14.7. The average molecular weight is 354 g/mol. The maximum atomic E-state index is 9.24. The molecule has 0 radical (unpaired) electrons. The van der Waals surface area contributed by atoms with Gasteiger partial charge < -0.3 is 20.3 Å². The lowest BCUT2D eigenvalue weighted by atomic mass is 9.94. The Labute approximate surface area is 151 Å². The lowest BCUT2D eigenvalue weighted by Crippen LogP contribution is -2.40. The number of hydrogen-bond donors (Lipinski definition) is 3. The van der Waals surface area contributed by atoms with Crippen molar-refractivity contribution in [3.8, 4) is 0 Å². The minimum absolute atomic E-state index is 0.161. The molecule has 7 heteroatoms. The minimum Gasteiger partial charge on any atom is -0.396 e. The largest absolute Gasteiger partial charge is 0.396 e. The maximum Gasteiger partial charge on any atom is 0.232 e. The second-order valence-electron chi connectivity index (χ2n) is 7.85. The Hall–Kier alpha value is -1.63. The summed E-state index contributed by atoms with van der Waals surface area (Å²) in [4.78, 5) is 8.94. The van der Waals surface area contributed by atoms with Crippen LogP contribution in [0.1, 0.15) is 66.1 Å². The molecule has 1 aromatic rings. The van der Waals surface area contributed by atoms with Gasteiger partial charge in [-0.05, 0) is 31.6 Å². The van der Waals surface area contributed by atoms with E-state index in [1.54, 1.807) is 0 Å². The molecule has 1 atom stereocenters. The van der Waals surface area contributed by atoms with Crippen LogP contribution in [0.4, 0.5) is 0 Å². The zero-order valence-corrected chi connectivity index (χ0v) is 16.6. The van der Waals surface area contributed by atoms with Crippen molar-refractivity contribution in [3.05, 3.63) is 11.7 Å². The van der Waals surface area contributed by atoms with Crippen LogP contribution in [0, 0.1) is 11.8 Å². The van der Waals surface area contributed by atoms with Gasteiger partial charge in [0.2, 0.25) is 5.89 Å². The van der Waals surface area contributed by atoms with E-state index in [2.05, 4.69) is 39.6 Å². The second-order valence-corrected chi connectivity index (χ2v) is 7.85. The van der Waals surface area contributed by atoms with Crippen LogP contribution < -0.4 is 10.6 Å². The Morgan fingerprint density at radius 2 is 2.00 bits per heavy atom. The molecule has 0 saturated heterocycles. The molecule has 3 N–H and O–H groups in total. The first-order valence-corrected chi connectivity index (χ1v) is 9.22. The molecule has 0 fully saturated rings. The average Bonchev–Trinajstić information content (AvgIpc) is 2.98. The van der Waals surface area contributed by atoms with Crippen molar-refractivity contribution in [3.63, 3.8) is 0 Å². The molecule has 0 aliphatic carbocycles. The highest BCUT2D eigenvalue weighted by molar-refractivity contribution is 5.79. The van der Waals surface area contributed by atoms with Gasteiger partial charge in [-0.3, -0.25) is 0 Å². The molecule has 1 aromatic heterocycles. The summed E-state index contributed by atoms with van der Waals surface area (Å²) < 4.78 is 5.30. The van der Waals surface area contributed by atoms with Crippen molar-refractivity contribution in [2.75, 3.05) is 19.7 Å². The molecule has 1 rings (SSSR count). The van der Waals surface area contributed by atoms with Gasteiger partial charge in [0.05, 0.1) is 0 Å². The molecule has 0 amide bonds. The molecule has 7 nitrogen and oxygen atoms in total. The molecular formula is C18H35N5O2. The number of aromatic nitrogens is 2. The number of aliphatic hydroxyl groups excluding tert-OH is 1. The van der Waals surface area contributed by atoms with Crippen molar-refractivity contribution in [2.45, 2.75) is 66.3 Å². The van der Waals surface area contributed by atoms with Gasteiger partial charge in [-0.25, -0.2) is 4.99 Å². The van der Waals surface area contributed by atoms with E-state index >= 15 is 0 Å². The van der Waals surface area contributed by atoms with Gasteiger partial charge in [-0.15, -0.1) is 0 Å². The third-order valence-electron chi connectivity index (χ3n) is 3.73. The van der Waals surface area contributed by atoms with Gasteiger partial charge in [0.1, 0.15) is 6.54 Å². The smallest absolute Gasteiger partial charge is 0.232 e. The molecule has 1 unspecified atom stereocenters. The summed E-state index contributed by atoms with van der Waals surface area (Å²) in [5.41, 5.74) is -0.161. The first-order chi connectivity index (χ1) is 11.8. The summed E-state index contributed by atoms with van der Waals surface area (Å²) in [7, 11) is 0. The Morgan fingerprint density at radius 1 is 1.28 bits per heavy atom. The van der Waals surface area contributed by atoms with E-state index in [9.17, 15) is 5.11 Å². The summed E-state index contributed by atoms with van der Waals surface area (Å²) in [5.74, 6) is 2.96. The molecule has 0 spiro atoms. The highest BCUT2D eigenvalue weighted by atomic mass is 16.5. The van der Waals surface area contributed by atoms with Gasteiger partial charge in [-0.2, -0.15) is 4.98 Å². The van der Waals surface area contributed by atoms with E-state index in [0.717, 1.165) is 31.9 Å². The number of aliphatic hydroxyl groups is 1. The van der Waals surface area contributed by atoms with E-state index in [0.29, 0.717) is 30.1 Å². The Morgan fingerprint density at radius 3 is 2.52 bits per heavy atom. The van der Waals surface area contributed by atoms with Crippen LogP contribution in [0.2, 0.25) is 0 Å². The van der Waals surface area contributed by atoms with Gasteiger partial charge in [-0.1, -0.05) is 39.8 Å². The topological polar surface area (TPSA) is 95.6 Å². The van der Waals surface area contributed by atoms with Crippen molar-refractivity contribution < 1.29 is 9.63 Å². The van der Waals surface area contributed by atoms with Crippen LogP contribution in [0.15, 0.2) is 9.52 Å². The molecule has 0 aromatic carbocycles. The standard InChI is InChI=1S/C18H35N5O2/c1-7-19-17(20-11-14(8-9-24)10-13(2)3)21-12-15-22-16(25-23-15)18(4,5)6/h13-14,24H,7-12H2,1-6H3,(H2,19,20,21). The lowest BCUT2D eigenvalue weighted by molar-refractivity contribution is 0.243. The monoisotopic (exact) mass is 353 g/mol. The van der Waals surface area contributed by atoms with Crippen LogP contribution in [0.3, 0.4) is 0 Å². The molecule has 25 heavy (non-hydrogen) atoms. The van der Waals surface area contributed by atoms with Crippen LogP contribution in [0.5, 0.6) is 0 Å². The first kappa shape index (κ1) is 21.4. The normalized spacial score (nSPS) is 14.0. The van der Waals surface area contributed by atoms with Crippen LogP contribution in [-0.2, 0) is 12.0 Å². The fourth-order valence-electron chi connectivity index (χ4n) is 2.51. The highest BCUT2D eigenvalue weighted by Gasteiger charge is 2.21. The molecule has 0 saturated carbocycles. The number of rotatable bonds is 9. The quantitative estimate of drug-likeness (QED) is 0.466. The van der Waals surface area contributed by atoms with Crippen molar-refractivity contribution in [1.82, 2.24) is 20.8 Å². The number of aliphatic imine (C=N–C) groups is 1. The van der Waals surface area contributed by atoms with Crippen molar-refractivity contribution in [1.29, 1.82) is 0 Å². The minimum atomic E-state index is -0.161. The van der Waals surface area contributed by atoms with Crippen LogP contribution in [-0.4, -0.2) is 40.9 Å². The molecule has 0 aliphatic heterocycles. The van der Waals surface area contributed by atoms with Gasteiger partial charge in [0.25, 0.3) is 0 Å². The third kappa shape index (κ3) is 8.34. The fourth-order valence-corrected chi connectivity index (χ4v) is 2.51. The highest BCUT2D eigenvalue weighted by Crippen LogP contribution is 2.19. The lowest BCUT2D eigenvalue weighted by Gasteiger charge is -2.20.